The summed E-state index contributed by atoms with van der Waals surface area (Å²) in [6.07, 6.45) is 2.39. The lowest BCUT2D eigenvalue weighted by molar-refractivity contribution is -0.134. The van der Waals surface area contributed by atoms with Crippen LogP contribution in [0.25, 0.3) is 0 Å². The fraction of sp³-hybridized carbons (Fsp3) is 0.643. The molecule has 0 bridgehead atoms. The highest BCUT2D eigenvalue weighted by Gasteiger charge is 2.34. The van der Waals surface area contributed by atoms with Crippen molar-refractivity contribution in [2.45, 2.75) is 39.2 Å². The van der Waals surface area contributed by atoms with E-state index in [1.165, 1.54) is 4.88 Å². The molecule has 0 aromatic carbocycles. The lowest BCUT2D eigenvalue weighted by atomic mass is 9.79. The van der Waals surface area contributed by atoms with Crippen molar-refractivity contribution >= 4 is 17.2 Å². The molecule has 4 heteroatoms. The number of aryl methyl sites for hydroxylation is 1. The molecule has 1 aliphatic rings. The van der Waals surface area contributed by atoms with Crippen LogP contribution in [0.15, 0.2) is 17.5 Å². The largest absolute Gasteiger partial charge is 0.342 e. The predicted octanol–water partition coefficient (Wildman–Crippen LogP) is 2.27. The van der Waals surface area contributed by atoms with E-state index in [-0.39, 0.29) is 17.4 Å². The van der Waals surface area contributed by atoms with Crippen LogP contribution in [0.3, 0.4) is 0 Å². The second-order valence-electron chi connectivity index (χ2n) is 5.78. The van der Waals surface area contributed by atoms with Crippen LogP contribution in [-0.2, 0) is 11.2 Å². The third kappa shape index (κ3) is 3.12. The van der Waals surface area contributed by atoms with Crippen LogP contribution in [0.4, 0.5) is 0 Å². The van der Waals surface area contributed by atoms with E-state index < -0.39 is 0 Å². The van der Waals surface area contributed by atoms with Gasteiger partial charge in [-0.25, -0.2) is 0 Å². The number of hydrogen-bond acceptors (Lipinski definition) is 3. The number of nitrogens with zero attached hydrogens (tertiary/aromatic N) is 1. The van der Waals surface area contributed by atoms with Crippen LogP contribution >= 0.6 is 11.3 Å². The number of likely N-dealkylation sites (tertiary alicyclic amines) is 1. The summed E-state index contributed by atoms with van der Waals surface area (Å²) in [5.74, 6) is 0.267. The van der Waals surface area contributed by atoms with Crippen molar-refractivity contribution in [1.82, 2.24) is 4.90 Å². The second kappa shape index (κ2) is 5.41. The zero-order valence-corrected chi connectivity index (χ0v) is 12.0. The molecule has 1 amide bonds. The molecular weight excluding hydrogens is 244 g/mol. The van der Waals surface area contributed by atoms with Gasteiger partial charge in [0.05, 0.1) is 0 Å². The van der Waals surface area contributed by atoms with Crippen LogP contribution in [0, 0.1) is 5.41 Å². The Morgan fingerprint density at radius 2 is 2.39 bits per heavy atom. The fourth-order valence-corrected chi connectivity index (χ4v) is 3.14. The minimum atomic E-state index is 0.0385. The van der Waals surface area contributed by atoms with Crippen molar-refractivity contribution in [2.24, 2.45) is 11.1 Å². The maximum absolute atomic E-state index is 12.2. The normalized spacial score (nSPS) is 23.1. The Balaban J connectivity index is 1.86. The summed E-state index contributed by atoms with van der Waals surface area (Å²) >= 11 is 1.72. The second-order valence-corrected chi connectivity index (χ2v) is 6.81. The molecule has 3 nitrogen and oxygen atoms in total. The predicted molar refractivity (Wildman–Crippen MR) is 75.6 cm³/mol. The molecule has 18 heavy (non-hydrogen) atoms. The fourth-order valence-electron chi connectivity index (χ4n) is 2.43. The highest BCUT2D eigenvalue weighted by Crippen LogP contribution is 2.28. The molecule has 2 heterocycles. The average molecular weight is 266 g/mol. The van der Waals surface area contributed by atoms with E-state index in [4.69, 9.17) is 5.73 Å². The molecule has 2 rings (SSSR count). The molecule has 1 fully saturated rings. The maximum atomic E-state index is 12.2. The summed E-state index contributed by atoms with van der Waals surface area (Å²) in [6, 6.07) is 4.33. The monoisotopic (exact) mass is 266 g/mol. The molecule has 1 aromatic heterocycles. The molecular formula is C14H22N2OS. The minimum Gasteiger partial charge on any atom is -0.342 e. The van der Waals surface area contributed by atoms with E-state index in [0.717, 1.165) is 25.9 Å². The van der Waals surface area contributed by atoms with Gasteiger partial charge in [-0.3, -0.25) is 4.79 Å². The Hall–Kier alpha value is -0.870. The molecule has 1 atom stereocenters. The Morgan fingerprint density at radius 1 is 1.61 bits per heavy atom. The highest BCUT2D eigenvalue weighted by molar-refractivity contribution is 7.09. The number of amides is 1. The molecule has 100 valence electrons. The number of hydrogen-bond donors (Lipinski definition) is 1. The molecule has 0 saturated carbocycles. The Bertz CT molecular complexity index is 400. The zero-order valence-electron chi connectivity index (χ0n) is 11.2. The summed E-state index contributed by atoms with van der Waals surface area (Å²) in [5.41, 5.74) is 6.13. The number of carbonyl (C=O) groups is 1. The standard InChI is InChI=1S/C14H22N2OS/c1-14(2)10-16(8-7-12(14)15)13(17)6-5-11-4-3-9-18-11/h3-4,9,12H,5-8,10,15H2,1-2H3. The van der Waals surface area contributed by atoms with E-state index >= 15 is 0 Å². The zero-order chi connectivity index (χ0) is 13.2. The third-order valence-electron chi connectivity index (χ3n) is 3.83. The molecule has 0 spiro atoms. The van der Waals surface area contributed by atoms with Crippen LogP contribution < -0.4 is 5.73 Å². The van der Waals surface area contributed by atoms with Crippen molar-refractivity contribution in [3.63, 3.8) is 0 Å². The van der Waals surface area contributed by atoms with Crippen molar-refractivity contribution in [3.8, 4) is 0 Å². The van der Waals surface area contributed by atoms with E-state index in [2.05, 4.69) is 25.3 Å². The Morgan fingerprint density at radius 3 is 3.00 bits per heavy atom. The third-order valence-corrected chi connectivity index (χ3v) is 4.77. The first kappa shape index (κ1) is 13.6. The lowest BCUT2D eigenvalue weighted by Crippen LogP contribution is -2.54. The van der Waals surface area contributed by atoms with Crippen molar-refractivity contribution in [1.29, 1.82) is 0 Å². The summed E-state index contributed by atoms with van der Waals surface area (Å²) in [7, 11) is 0. The van der Waals surface area contributed by atoms with Gasteiger partial charge < -0.3 is 10.6 Å². The molecule has 2 N–H and O–H groups in total. The summed E-state index contributed by atoms with van der Waals surface area (Å²) in [6.45, 7) is 5.90. The SMILES string of the molecule is CC1(C)CN(C(=O)CCc2cccs2)CCC1N. The summed E-state index contributed by atoms with van der Waals surface area (Å²) in [5, 5.41) is 2.06. The van der Waals surface area contributed by atoms with Crippen LogP contribution in [0.1, 0.15) is 31.6 Å². The van der Waals surface area contributed by atoms with Gasteiger partial charge in [0.15, 0.2) is 0 Å². The molecule has 1 aliphatic heterocycles. The average Bonchev–Trinajstić information content (AvgIpc) is 2.82. The smallest absolute Gasteiger partial charge is 0.222 e. The quantitative estimate of drug-likeness (QED) is 0.912. The van der Waals surface area contributed by atoms with Gasteiger partial charge in [-0.15, -0.1) is 11.3 Å². The number of carbonyl (C=O) groups excluding carboxylic acids is 1. The van der Waals surface area contributed by atoms with Gasteiger partial charge >= 0.3 is 0 Å². The van der Waals surface area contributed by atoms with Crippen molar-refractivity contribution in [3.05, 3.63) is 22.4 Å². The summed E-state index contributed by atoms with van der Waals surface area (Å²) < 4.78 is 0. The van der Waals surface area contributed by atoms with Gasteiger partial charge in [0.2, 0.25) is 5.91 Å². The van der Waals surface area contributed by atoms with Gasteiger partial charge in [0.25, 0.3) is 0 Å². The van der Waals surface area contributed by atoms with E-state index in [0.29, 0.717) is 6.42 Å². The minimum absolute atomic E-state index is 0.0385. The number of rotatable bonds is 3. The number of nitrogens with two attached hydrogens (primary N) is 1. The van der Waals surface area contributed by atoms with Gasteiger partial charge in [0.1, 0.15) is 0 Å². The molecule has 1 unspecified atom stereocenters. The van der Waals surface area contributed by atoms with Gasteiger partial charge in [0, 0.05) is 30.4 Å². The van der Waals surface area contributed by atoms with E-state index in [9.17, 15) is 4.79 Å². The van der Waals surface area contributed by atoms with Gasteiger partial charge in [-0.1, -0.05) is 19.9 Å². The molecule has 0 radical (unpaired) electrons. The Kier molecular flexibility index (Phi) is 4.07. The first-order valence-corrected chi connectivity index (χ1v) is 7.43. The number of thiophene rings is 1. The first-order chi connectivity index (χ1) is 8.49. The van der Waals surface area contributed by atoms with Gasteiger partial charge in [-0.05, 0) is 29.7 Å². The van der Waals surface area contributed by atoms with Crippen molar-refractivity contribution in [2.75, 3.05) is 13.1 Å². The van der Waals surface area contributed by atoms with Crippen LogP contribution in [-0.4, -0.2) is 29.9 Å². The number of piperidine rings is 1. The topological polar surface area (TPSA) is 46.3 Å². The maximum Gasteiger partial charge on any atom is 0.222 e. The molecule has 1 aromatic rings. The van der Waals surface area contributed by atoms with Gasteiger partial charge in [-0.2, -0.15) is 0 Å². The van der Waals surface area contributed by atoms with E-state index in [1.54, 1.807) is 11.3 Å². The molecule has 1 saturated heterocycles. The first-order valence-electron chi connectivity index (χ1n) is 6.55. The van der Waals surface area contributed by atoms with Crippen LogP contribution in [0.2, 0.25) is 0 Å². The Labute approximate surface area is 113 Å². The summed E-state index contributed by atoms with van der Waals surface area (Å²) in [4.78, 5) is 15.4. The van der Waals surface area contributed by atoms with Crippen molar-refractivity contribution < 1.29 is 4.79 Å². The van der Waals surface area contributed by atoms with Crippen LogP contribution in [0.5, 0.6) is 0 Å². The highest BCUT2D eigenvalue weighted by atomic mass is 32.1. The lowest BCUT2D eigenvalue weighted by Gasteiger charge is -2.42. The van der Waals surface area contributed by atoms with E-state index in [1.807, 2.05) is 11.0 Å². The molecule has 0 aliphatic carbocycles.